The van der Waals surface area contributed by atoms with Crippen LogP contribution in [0.15, 0.2) is 72.4 Å². The van der Waals surface area contributed by atoms with Crippen molar-refractivity contribution in [1.82, 2.24) is 0 Å². The highest BCUT2D eigenvalue weighted by atomic mass is 79.9. The van der Waals surface area contributed by atoms with Crippen LogP contribution >= 0.6 is 27.7 Å². The van der Waals surface area contributed by atoms with Gasteiger partial charge in [-0.2, -0.15) is 0 Å². The molecule has 0 bridgehead atoms. The maximum absolute atomic E-state index is 11.0. The van der Waals surface area contributed by atoms with E-state index in [-0.39, 0.29) is 5.69 Å². The topological polar surface area (TPSA) is 68.6 Å². The van der Waals surface area contributed by atoms with Gasteiger partial charge in [-0.1, -0.05) is 35.5 Å². The standard InChI is InChI=1S/C19H15BrN2O3S/c1-12-3-7-16(8-4-12)26-19-17(20)10-15(25-19)11-21-14-6-5-13(2)18(9-14)22(23)24/h3-11H,1-2H3. The molecule has 0 N–H and O–H groups in total. The number of aliphatic imine (C=N–C) groups is 1. The predicted molar refractivity (Wildman–Crippen MR) is 107 cm³/mol. The molecule has 7 heteroatoms. The van der Waals surface area contributed by atoms with E-state index >= 15 is 0 Å². The second-order valence-corrected chi connectivity index (χ2v) is 7.59. The van der Waals surface area contributed by atoms with Crippen LogP contribution in [0.4, 0.5) is 11.4 Å². The third kappa shape index (κ3) is 4.42. The lowest BCUT2D eigenvalue weighted by atomic mass is 10.2. The lowest BCUT2D eigenvalue weighted by Crippen LogP contribution is -1.90. The van der Waals surface area contributed by atoms with Gasteiger partial charge in [-0.25, -0.2) is 0 Å². The van der Waals surface area contributed by atoms with E-state index in [4.69, 9.17) is 4.42 Å². The van der Waals surface area contributed by atoms with Crippen LogP contribution in [0.5, 0.6) is 0 Å². The van der Waals surface area contributed by atoms with Crippen molar-refractivity contribution in [3.05, 3.63) is 80.0 Å². The van der Waals surface area contributed by atoms with Gasteiger partial charge in [0.2, 0.25) is 0 Å². The van der Waals surface area contributed by atoms with Crippen LogP contribution < -0.4 is 0 Å². The summed E-state index contributed by atoms with van der Waals surface area (Å²) in [5.41, 5.74) is 2.36. The van der Waals surface area contributed by atoms with Crippen molar-refractivity contribution in [2.24, 2.45) is 4.99 Å². The first-order valence-corrected chi connectivity index (χ1v) is 9.36. The number of rotatable bonds is 5. The van der Waals surface area contributed by atoms with Gasteiger partial charge in [-0.05, 0) is 48.0 Å². The number of furan rings is 1. The Morgan fingerprint density at radius 3 is 2.58 bits per heavy atom. The summed E-state index contributed by atoms with van der Waals surface area (Å²) in [6, 6.07) is 14.9. The SMILES string of the molecule is Cc1ccc(Sc2oc(C=Nc3ccc(C)c([N+](=O)[O-])c3)cc2Br)cc1. The van der Waals surface area contributed by atoms with Gasteiger partial charge >= 0.3 is 0 Å². The van der Waals surface area contributed by atoms with Gasteiger partial charge in [0, 0.05) is 22.6 Å². The lowest BCUT2D eigenvalue weighted by molar-refractivity contribution is -0.385. The van der Waals surface area contributed by atoms with E-state index in [1.54, 1.807) is 25.3 Å². The molecule has 0 spiro atoms. The minimum Gasteiger partial charge on any atom is -0.447 e. The zero-order valence-corrected chi connectivity index (χ0v) is 16.5. The summed E-state index contributed by atoms with van der Waals surface area (Å²) in [7, 11) is 0. The average Bonchev–Trinajstić information content (AvgIpc) is 2.95. The van der Waals surface area contributed by atoms with Crippen LogP contribution in [0.3, 0.4) is 0 Å². The van der Waals surface area contributed by atoms with Gasteiger partial charge < -0.3 is 4.42 Å². The summed E-state index contributed by atoms with van der Waals surface area (Å²) in [6.45, 7) is 3.74. The molecule has 3 aromatic rings. The molecular formula is C19H15BrN2O3S. The monoisotopic (exact) mass is 430 g/mol. The number of benzene rings is 2. The Morgan fingerprint density at radius 2 is 1.88 bits per heavy atom. The number of halogens is 1. The van der Waals surface area contributed by atoms with E-state index < -0.39 is 4.92 Å². The molecule has 2 aromatic carbocycles. The summed E-state index contributed by atoms with van der Waals surface area (Å²) >= 11 is 5.00. The zero-order valence-electron chi connectivity index (χ0n) is 14.1. The fraction of sp³-hybridized carbons (Fsp3) is 0.105. The molecular weight excluding hydrogens is 416 g/mol. The normalized spacial score (nSPS) is 11.2. The molecule has 0 aliphatic heterocycles. The van der Waals surface area contributed by atoms with Crippen LogP contribution in [-0.4, -0.2) is 11.1 Å². The molecule has 5 nitrogen and oxygen atoms in total. The molecule has 1 heterocycles. The summed E-state index contributed by atoms with van der Waals surface area (Å²) < 4.78 is 6.64. The fourth-order valence-corrected chi connectivity index (χ4v) is 3.56. The van der Waals surface area contributed by atoms with E-state index in [0.29, 0.717) is 17.0 Å². The smallest absolute Gasteiger partial charge is 0.274 e. The second-order valence-electron chi connectivity index (χ2n) is 5.69. The molecule has 0 fully saturated rings. The largest absolute Gasteiger partial charge is 0.447 e. The van der Waals surface area contributed by atoms with Crippen molar-refractivity contribution in [3.63, 3.8) is 0 Å². The van der Waals surface area contributed by atoms with Gasteiger partial charge in [-0.15, -0.1) is 0 Å². The van der Waals surface area contributed by atoms with Crippen molar-refractivity contribution in [2.45, 2.75) is 23.8 Å². The highest BCUT2D eigenvalue weighted by molar-refractivity contribution is 9.10. The molecule has 0 saturated carbocycles. The van der Waals surface area contributed by atoms with Crippen LogP contribution in [0.1, 0.15) is 16.9 Å². The fourth-order valence-electron chi connectivity index (χ4n) is 2.23. The van der Waals surface area contributed by atoms with E-state index in [0.717, 1.165) is 14.5 Å². The van der Waals surface area contributed by atoms with Crippen molar-refractivity contribution in [2.75, 3.05) is 0 Å². The Bertz CT molecular complexity index is 981. The summed E-state index contributed by atoms with van der Waals surface area (Å²) in [5.74, 6) is 0.565. The highest BCUT2D eigenvalue weighted by Gasteiger charge is 2.12. The minimum atomic E-state index is -0.409. The Labute approximate surface area is 163 Å². The van der Waals surface area contributed by atoms with E-state index in [1.165, 1.54) is 23.4 Å². The van der Waals surface area contributed by atoms with Crippen molar-refractivity contribution in [3.8, 4) is 0 Å². The Kier molecular flexibility index (Phi) is 5.58. The first-order chi connectivity index (χ1) is 12.4. The first-order valence-electron chi connectivity index (χ1n) is 7.75. The molecule has 0 unspecified atom stereocenters. The lowest BCUT2D eigenvalue weighted by Gasteiger charge is -1.99. The molecule has 26 heavy (non-hydrogen) atoms. The summed E-state index contributed by atoms with van der Waals surface area (Å²) in [5, 5.41) is 11.7. The second kappa shape index (κ2) is 7.88. The van der Waals surface area contributed by atoms with Crippen LogP contribution in [0.2, 0.25) is 0 Å². The first kappa shape index (κ1) is 18.4. The number of aryl methyl sites for hydroxylation is 2. The van der Waals surface area contributed by atoms with E-state index in [9.17, 15) is 10.1 Å². The number of nitro groups is 1. The quantitative estimate of drug-likeness (QED) is 0.264. The Balaban J connectivity index is 1.78. The number of nitrogens with zero attached hydrogens (tertiary/aromatic N) is 2. The molecule has 0 atom stereocenters. The number of hydrogen-bond acceptors (Lipinski definition) is 5. The Hall–Kier alpha value is -2.38. The zero-order chi connectivity index (χ0) is 18.7. The molecule has 0 aliphatic rings. The summed E-state index contributed by atoms with van der Waals surface area (Å²) in [6.07, 6.45) is 1.55. The maximum Gasteiger partial charge on any atom is 0.274 e. The molecule has 0 saturated heterocycles. The van der Waals surface area contributed by atoms with Gasteiger partial charge in [-0.3, -0.25) is 15.1 Å². The van der Waals surface area contributed by atoms with Gasteiger partial charge in [0.05, 0.1) is 21.3 Å². The van der Waals surface area contributed by atoms with E-state index in [1.807, 2.05) is 37.3 Å². The number of nitro benzene ring substituents is 1. The van der Waals surface area contributed by atoms with Crippen molar-refractivity contribution in [1.29, 1.82) is 0 Å². The van der Waals surface area contributed by atoms with Gasteiger partial charge in [0.1, 0.15) is 5.76 Å². The molecule has 1 aromatic heterocycles. The highest BCUT2D eigenvalue weighted by Crippen LogP contribution is 2.35. The van der Waals surface area contributed by atoms with Crippen molar-refractivity contribution < 1.29 is 9.34 Å². The van der Waals surface area contributed by atoms with Crippen LogP contribution in [-0.2, 0) is 0 Å². The van der Waals surface area contributed by atoms with Gasteiger partial charge in [0.25, 0.3) is 5.69 Å². The average molecular weight is 431 g/mol. The van der Waals surface area contributed by atoms with Crippen LogP contribution in [0, 0.1) is 24.0 Å². The molecule has 0 amide bonds. The van der Waals surface area contributed by atoms with Crippen molar-refractivity contribution >= 4 is 45.3 Å². The van der Waals surface area contributed by atoms with Gasteiger partial charge in [0.15, 0.2) is 5.09 Å². The molecule has 0 aliphatic carbocycles. The molecule has 0 radical (unpaired) electrons. The molecule has 3 rings (SSSR count). The number of hydrogen-bond donors (Lipinski definition) is 0. The molecule has 132 valence electrons. The van der Waals surface area contributed by atoms with E-state index in [2.05, 4.69) is 20.9 Å². The minimum absolute atomic E-state index is 0.0518. The predicted octanol–water partition coefficient (Wildman–Crippen LogP) is 6.47. The Morgan fingerprint density at radius 1 is 1.15 bits per heavy atom. The summed E-state index contributed by atoms with van der Waals surface area (Å²) in [4.78, 5) is 16.0. The third-order valence-electron chi connectivity index (χ3n) is 3.64. The maximum atomic E-state index is 11.0. The third-order valence-corrected chi connectivity index (χ3v) is 5.48. The van der Waals surface area contributed by atoms with Crippen LogP contribution in [0.25, 0.3) is 0 Å².